The molecule has 0 fully saturated rings. The standard InChI is InChI=1S/C18H15ClN2O3S/c19-15-9-7-12(25-15)8-10-16-20-14-5-2-1-4-13(14)18(24)21(16)11-3-6-17(22)23/h1-2,4-5,7-10H,3,6,11H2,(H,22,23)/b10-8+. The summed E-state index contributed by atoms with van der Waals surface area (Å²) in [6.07, 6.45) is 3.97. The van der Waals surface area contributed by atoms with Crippen LogP contribution in [0.2, 0.25) is 4.34 Å². The number of carboxylic acids is 1. The molecule has 0 bridgehead atoms. The van der Waals surface area contributed by atoms with E-state index in [1.807, 2.05) is 18.2 Å². The van der Waals surface area contributed by atoms with Crippen LogP contribution in [0.15, 0.2) is 41.2 Å². The minimum Gasteiger partial charge on any atom is -0.481 e. The second kappa shape index (κ2) is 7.63. The molecule has 0 radical (unpaired) electrons. The lowest BCUT2D eigenvalue weighted by atomic mass is 10.2. The number of fused-ring (bicyclic) bond motifs is 1. The predicted octanol–water partition coefficient (Wildman–Crippen LogP) is 4.15. The molecule has 5 nitrogen and oxygen atoms in total. The largest absolute Gasteiger partial charge is 0.481 e. The number of halogens is 1. The van der Waals surface area contributed by atoms with E-state index in [9.17, 15) is 9.59 Å². The molecule has 128 valence electrons. The Hall–Kier alpha value is -2.44. The Labute approximate surface area is 152 Å². The fourth-order valence-corrected chi connectivity index (χ4v) is 3.46. The van der Waals surface area contributed by atoms with E-state index in [-0.39, 0.29) is 12.0 Å². The summed E-state index contributed by atoms with van der Waals surface area (Å²) in [4.78, 5) is 29.0. The van der Waals surface area contributed by atoms with Crippen LogP contribution < -0.4 is 5.56 Å². The van der Waals surface area contributed by atoms with Gasteiger partial charge in [0.15, 0.2) is 0 Å². The van der Waals surface area contributed by atoms with Crippen molar-refractivity contribution < 1.29 is 9.90 Å². The molecule has 7 heteroatoms. The van der Waals surface area contributed by atoms with E-state index < -0.39 is 5.97 Å². The maximum Gasteiger partial charge on any atom is 0.303 e. The summed E-state index contributed by atoms with van der Waals surface area (Å²) in [5.74, 6) is -0.384. The quantitative estimate of drug-likeness (QED) is 0.703. The molecule has 0 spiro atoms. The van der Waals surface area contributed by atoms with Crippen LogP contribution in [0, 0.1) is 0 Å². The number of aromatic nitrogens is 2. The van der Waals surface area contributed by atoms with Crippen molar-refractivity contribution in [3.8, 4) is 0 Å². The molecule has 0 aliphatic rings. The SMILES string of the molecule is O=C(O)CCCn1c(/C=C/c2ccc(Cl)s2)nc2ccccc2c1=O. The third kappa shape index (κ3) is 4.15. The van der Waals surface area contributed by atoms with Crippen molar-refractivity contribution in [3.63, 3.8) is 0 Å². The number of carbonyl (C=O) groups is 1. The summed E-state index contributed by atoms with van der Waals surface area (Å²) < 4.78 is 2.21. The van der Waals surface area contributed by atoms with Crippen LogP contribution in [-0.2, 0) is 11.3 Å². The minimum atomic E-state index is -0.882. The molecule has 0 saturated carbocycles. The zero-order chi connectivity index (χ0) is 17.8. The molecule has 0 amide bonds. The van der Waals surface area contributed by atoms with Gasteiger partial charge < -0.3 is 5.11 Å². The Morgan fingerprint density at radius 3 is 2.76 bits per heavy atom. The van der Waals surface area contributed by atoms with Gasteiger partial charge in [0.05, 0.1) is 15.2 Å². The van der Waals surface area contributed by atoms with E-state index in [0.717, 1.165) is 4.88 Å². The van der Waals surface area contributed by atoms with Crippen LogP contribution in [0.4, 0.5) is 0 Å². The molecule has 1 aromatic carbocycles. The number of nitrogens with zero attached hydrogens (tertiary/aromatic N) is 2. The van der Waals surface area contributed by atoms with E-state index in [1.54, 1.807) is 30.3 Å². The minimum absolute atomic E-state index is 0.00293. The molecule has 25 heavy (non-hydrogen) atoms. The normalized spacial score (nSPS) is 11.4. The maximum atomic E-state index is 12.8. The first kappa shape index (κ1) is 17.4. The molecule has 0 unspecified atom stereocenters. The number of aliphatic carboxylic acids is 1. The van der Waals surface area contributed by atoms with Crippen molar-refractivity contribution in [2.45, 2.75) is 19.4 Å². The van der Waals surface area contributed by atoms with Crippen LogP contribution in [0.5, 0.6) is 0 Å². The zero-order valence-electron chi connectivity index (χ0n) is 13.2. The summed E-state index contributed by atoms with van der Waals surface area (Å²) in [6, 6.07) is 10.8. The third-order valence-electron chi connectivity index (χ3n) is 3.65. The highest BCUT2D eigenvalue weighted by Gasteiger charge is 2.09. The summed E-state index contributed by atoms with van der Waals surface area (Å²) in [7, 11) is 0. The van der Waals surface area contributed by atoms with Crippen LogP contribution in [0.25, 0.3) is 23.1 Å². The summed E-state index contributed by atoms with van der Waals surface area (Å²) in [5.41, 5.74) is 0.450. The van der Waals surface area contributed by atoms with Gasteiger partial charge in [0.2, 0.25) is 0 Å². The van der Waals surface area contributed by atoms with Crippen LogP contribution >= 0.6 is 22.9 Å². The van der Waals surface area contributed by atoms with Crippen molar-refractivity contribution in [2.24, 2.45) is 0 Å². The highest BCUT2D eigenvalue weighted by Crippen LogP contribution is 2.23. The lowest BCUT2D eigenvalue weighted by Gasteiger charge is -2.10. The van der Waals surface area contributed by atoms with E-state index in [0.29, 0.717) is 34.0 Å². The predicted molar refractivity (Wildman–Crippen MR) is 101 cm³/mol. The second-order valence-corrected chi connectivity index (χ2v) is 7.16. The molecule has 0 aliphatic carbocycles. The molecular weight excluding hydrogens is 360 g/mol. The summed E-state index contributed by atoms with van der Waals surface area (Å²) >= 11 is 7.36. The number of para-hydroxylation sites is 1. The number of rotatable bonds is 6. The Balaban J connectivity index is 2.02. The topological polar surface area (TPSA) is 72.2 Å². The van der Waals surface area contributed by atoms with Gasteiger partial charge in [-0.25, -0.2) is 4.98 Å². The fourth-order valence-electron chi connectivity index (χ4n) is 2.49. The Kier molecular flexibility index (Phi) is 5.31. The van der Waals surface area contributed by atoms with E-state index >= 15 is 0 Å². The zero-order valence-corrected chi connectivity index (χ0v) is 14.8. The number of carboxylic acid groups (broad SMARTS) is 1. The molecule has 0 aliphatic heterocycles. The highest BCUT2D eigenvalue weighted by molar-refractivity contribution is 7.17. The van der Waals surface area contributed by atoms with Gasteiger partial charge in [-0.05, 0) is 42.8 Å². The molecule has 0 saturated heterocycles. The van der Waals surface area contributed by atoms with Crippen LogP contribution in [-0.4, -0.2) is 20.6 Å². The Morgan fingerprint density at radius 2 is 2.04 bits per heavy atom. The first-order valence-electron chi connectivity index (χ1n) is 7.69. The van der Waals surface area contributed by atoms with E-state index in [1.165, 1.54) is 15.9 Å². The molecule has 2 aromatic heterocycles. The monoisotopic (exact) mass is 374 g/mol. The van der Waals surface area contributed by atoms with Crippen LogP contribution in [0.1, 0.15) is 23.5 Å². The van der Waals surface area contributed by atoms with Crippen molar-refractivity contribution in [3.05, 3.63) is 61.8 Å². The number of hydrogen-bond donors (Lipinski definition) is 1. The summed E-state index contributed by atoms with van der Waals surface area (Å²) in [6.45, 7) is 0.299. The van der Waals surface area contributed by atoms with E-state index in [4.69, 9.17) is 16.7 Å². The average molecular weight is 375 g/mol. The average Bonchev–Trinajstić information content (AvgIpc) is 3.00. The highest BCUT2D eigenvalue weighted by atomic mass is 35.5. The summed E-state index contributed by atoms with van der Waals surface area (Å²) in [5, 5.41) is 9.35. The second-order valence-electron chi connectivity index (χ2n) is 5.42. The van der Waals surface area contributed by atoms with Crippen LogP contribution in [0.3, 0.4) is 0 Å². The molecular formula is C18H15ClN2O3S. The van der Waals surface area contributed by atoms with Gasteiger partial charge >= 0.3 is 5.97 Å². The lowest BCUT2D eigenvalue weighted by molar-refractivity contribution is -0.137. The van der Waals surface area contributed by atoms with Gasteiger partial charge in [-0.1, -0.05) is 23.7 Å². The number of thiophene rings is 1. The fraction of sp³-hybridized carbons (Fsp3) is 0.167. The van der Waals surface area contributed by atoms with Gasteiger partial charge in [0.25, 0.3) is 5.56 Å². The van der Waals surface area contributed by atoms with Gasteiger partial charge in [-0.15, -0.1) is 11.3 Å². The van der Waals surface area contributed by atoms with Gasteiger partial charge in [-0.2, -0.15) is 0 Å². The van der Waals surface area contributed by atoms with Crippen molar-refractivity contribution in [2.75, 3.05) is 0 Å². The molecule has 3 rings (SSSR count). The van der Waals surface area contributed by atoms with Gasteiger partial charge in [0.1, 0.15) is 5.82 Å². The van der Waals surface area contributed by atoms with Gasteiger partial charge in [0, 0.05) is 17.8 Å². The van der Waals surface area contributed by atoms with Gasteiger partial charge in [-0.3, -0.25) is 14.2 Å². The number of benzene rings is 1. The first-order valence-corrected chi connectivity index (χ1v) is 8.89. The molecule has 1 N–H and O–H groups in total. The van der Waals surface area contributed by atoms with Crippen molar-refractivity contribution >= 4 is 52.0 Å². The van der Waals surface area contributed by atoms with E-state index in [2.05, 4.69) is 4.98 Å². The smallest absolute Gasteiger partial charge is 0.303 e. The first-order chi connectivity index (χ1) is 12.0. The maximum absolute atomic E-state index is 12.8. The molecule has 2 heterocycles. The third-order valence-corrected chi connectivity index (χ3v) is 4.85. The molecule has 3 aromatic rings. The Bertz CT molecular complexity index is 1010. The lowest BCUT2D eigenvalue weighted by Crippen LogP contribution is -2.24. The van der Waals surface area contributed by atoms with Crippen molar-refractivity contribution in [1.82, 2.24) is 9.55 Å². The molecule has 0 atom stereocenters. The van der Waals surface area contributed by atoms with Crippen molar-refractivity contribution in [1.29, 1.82) is 0 Å². The Morgan fingerprint density at radius 1 is 1.24 bits per heavy atom. The number of hydrogen-bond acceptors (Lipinski definition) is 4.